The topological polar surface area (TPSA) is 92.3 Å². The Morgan fingerprint density at radius 1 is 1.05 bits per heavy atom. The number of sulfonamides is 1. The van der Waals surface area contributed by atoms with Crippen LogP contribution >= 0.6 is 11.3 Å². The lowest BCUT2D eigenvalue weighted by molar-refractivity contribution is 0.0376. The van der Waals surface area contributed by atoms with Crippen LogP contribution in [0.2, 0.25) is 0 Å². The zero-order valence-electron chi connectivity index (χ0n) is 22.5. The van der Waals surface area contributed by atoms with Gasteiger partial charge in [0.1, 0.15) is 5.75 Å². The number of hydrogen-bond donors (Lipinski definition) is 0. The van der Waals surface area contributed by atoms with E-state index in [1.807, 2.05) is 24.3 Å². The first-order valence-corrected chi connectivity index (χ1v) is 15.3. The first-order chi connectivity index (χ1) is 19.4. The van der Waals surface area contributed by atoms with Crippen molar-refractivity contribution in [2.24, 2.45) is 0 Å². The minimum Gasteiger partial charge on any atom is -0.497 e. The first-order valence-electron chi connectivity index (χ1n) is 13.1. The highest BCUT2D eigenvalue weighted by molar-refractivity contribution is 7.92. The van der Waals surface area contributed by atoms with Crippen LogP contribution in [0.1, 0.15) is 16.8 Å². The molecule has 1 aliphatic heterocycles. The number of carbonyl (C=O) groups excluding carboxylic acids is 1. The smallest absolute Gasteiger partial charge is 0.264 e. The fourth-order valence-electron chi connectivity index (χ4n) is 4.56. The highest BCUT2D eigenvalue weighted by Gasteiger charge is 2.25. The van der Waals surface area contributed by atoms with Gasteiger partial charge in [-0.2, -0.15) is 0 Å². The molecule has 3 aromatic carbocycles. The number of nitrogens with zero attached hydrogens (tertiary/aromatic N) is 4. The Morgan fingerprint density at radius 3 is 2.48 bits per heavy atom. The maximum Gasteiger partial charge on any atom is 0.264 e. The molecule has 5 rings (SSSR count). The second kappa shape index (κ2) is 12.3. The molecule has 0 radical (unpaired) electrons. The molecule has 210 valence electrons. The largest absolute Gasteiger partial charge is 0.497 e. The quantitative estimate of drug-likeness (QED) is 0.273. The third kappa shape index (κ3) is 6.12. The van der Waals surface area contributed by atoms with Gasteiger partial charge in [0.25, 0.3) is 15.9 Å². The van der Waals surface area contributed by atoms with Crippen molar-refractivity contribution < 1.29 is 22.7 Å². The number of fused-ring (bicyclic) bond motifs is 1. The Morgan fingerprint density at radius 2 is 1.77 bits per heavy atom. The molecule has 0 atom stereocenters. The van der Waals surface area contributed by atoms with Crippen LogP contribution in [0, 0.1) is 0 Å². The number of anilines is 2. The van der Waals surface area contributed by atoms with E-state index in [0.29, 0.717) is 28.7 Å². The van der Waals surface area contributed by atoms with E-state index in [1.54, 1.807) is 48.4 Å². The molecule has 1 fully saturated rings. The summed E-state index contributed by atoms with van der Waals surface area (Å²) in [6.45, 7) is 4.51. The molecule has 0 aliphatic carbocycles. The van der Waals surface area contributed by atoms with E-state index in [0.717, 1.165) is 49.5 Å². The number of morpholine rings is 1. The van der Waals surface area contributed by atoms with Gasteiger partial charge in [-0.3, -0.25) is 18.9 Å². The second-order valence-electron chi connectivity index (χ2n) is 9.43. The lowest BCUT2D eigenvalue weighted by Gasteiger charge is -2.27. The Kier molecular flexibility index (Phi) is 8.65. The second-order valence-corrected chi connectivity index (χ2v) is 12.4. The fraction of sp³-hybridized carbons (Fsp3) is 0.310. The molecule has 11 heteroatoms. The monoisotopic (exact) mass is 580 g/mol. The molecule has 1 saturated heterocycles. The number of carbonyl (C=O) groups is 1. The van der Waals surface area contributed by atoms with E-state index in [2.05, 4.69) is 4.90 Å². The Labute approximate surface area is 238 Å². The molecule has 1 aliphatic rings. The van der Waals surface area contributed by atoms with Crippen molar-refractivity contribution in [1.29, 1.82) is 0 Å². The van der Waals surface area contributed by atoms with Crippen molar-refractivity contribution in [2.75, 3.05) is 62.8 Å². The van der Waals surface area contributed by atoms with Crippen LogP contribution in [0.3, 0.4) is 0 Å². The molecule has 0 N–H and O–H groups in total. The van der Waals surface area contributed by atoms with Gasteiger partial charge in [0.15, 0.2) is 5.13 Å². The highest BCUT2D eigenvalue weighted by Crippen LogP contribution is 2.32. The van der Waals surface area contributed by atoms with Gasteiger partial charge in [0, 0.05) is 44.9 Å². The third-order valence-corrected chi connectivity index (χ3v) is 9.76. The van der Waals surface area contributed by atoms with Crippen molar-refractivity contribution in [3.8, 4) is 5.75 Å². The minimum absolute atomic E-state index is 0.112. The summed E-state index contributed by atoms with van der Waals surface area (Å²) >= 11 is 1.44. The summed E-state index contributed by atoms with van der Waals surface area (Å²) in [5, 5.41) is 0.593. The van der Waals surface area contributed by atoms with Crippen LogP contribution in [0.5, 0.6) is 5.75 Å². The van der Waals surface area contributed by atoms with Crippen LogP contribution < -0.4 is 13.9 Å². The normalized spacial score (nSPS) is 14.2. The predicted octanol–water partition coefficient (Wildman–Crippen LogP) is 4.50. The van der Waals surface area contributed by atoms with Crippen LogP contribution in [0.15, 0.2) is 77.7 Å². The summed E-state index contributed by atoms with van der Waals surface area (Å²) in [6, 6.07) is 20.6. The lowest BCUT2D eigenvalue weighted by Crippen LogP contribution is -2.39. The van der Waals surface area contributed by atoms with Crippen LogP contribution in [-0.2, 0) is 14.8 Å². The molecular weight excluding hydrogens is 548 g/mol. The fourth-order valence-corrected chi connectivity index (χ4v) is 6.72. The molecule has 0 bridgehead atoms. The van der Waals surface area contributed by atoms with Crippen LogP contribution in [-0.4, -0.2) is 77.8 Å². The molecular formula is C29H32N4O5S2. The van der Waals surface area contributed by atoms with Gasteiger partial charge in [-0.15, -0.1) is 0 Å². The van der Waals surface area contributed by atoms with Gasteiger partial charge in [-0.25, -0.2) is 13.4 Å². The number of methoxy groups -OCH3 is 1. The summed E-state index contributed by atoms with van der Waals surface area (Å²) in [5.74, 6) is 0.472. The van der Waals surface area contributed by atoms with Crippen molar-refractivity contribution in [3.05, 3.63) is 78.4 Å². The lowest BCUT2D eigenvalue weighted by atomic mass is 10.2. The number of para-hydroxylation sites is 1. The average molecular weight is 581 g/mol. The van der Waals surface area contributed by atoms with Gasteiger partial charge in [-0.05, 0) is 55.0 Å². The minimum atomic E-state index is -3.79. The molecule has 0 spiro atoms. The molecule has 1 amide bonds. The molecule has 0 saturated carbocycles. The van der Waals surface area contributed by atoms with Gasteiger partial charge in [0.05, 0.1) is 41.1 Å². The van der Waals surface area contributed by atoms with E-state index in [1.165, 1.54) is 34.8 Å². The third-order valence-electron chi connectivity index (χ3n) is 6.90. The van der Waals surface area contributed by atoms with E-state index in [4.69, 9.17) is 14.5 Å². The Balaban J connectivity index is 1.39. The molecule has 2 heterocycles. The maximum absolute atomic E-state index is 13.8. The Bertz CT molecular complexity index is 1550. The average Bonchev–Trinajstić information content (AvgIpc) is 3.42. The van der Waals surface area contributed by atoms with Gasteiger partial charge in [-0.1, -0.05) is 29.5 Å². The van der Waals surface area contributed by atoms with Crippen LogP contribution in [0.4, 0.5) is 10.8 Å². The zero-order chi connectivity index (χ0) is 28.1. The standard InChI is InChI=1S/C29H32N4O5S2/c1-31(23-7-4-3-5-8-23)40(35,36)25-12-9-22(10-13-25)28(34)33(16-6-15-32-17-19-38-20-18-32)29-30-26-21-24(37-2)11-14-27(26)39-29/h3-5,7-14,21H,6,15-20H2,1-2H3. The summed E-state index contributed by atoms with van der Waals surface area (Å²) in [4.78, 5) is 22.7. The molecule has 1 aromatic heterocycles. The van der Waals surface area contributed by atoms with E-state index >= 15 is 0 Å². The summed E-state index contributed by atoms with van der Waals surface area (Å²) in [7, 11) is -0.663. The summed E-state index contributed by atoms with van der Waals surface area (Å²) < 4.78 is 39.4. The van der Waals surface area contributed by atoms with E-state index in [9.17, 15) is 13.2 Å². The number of rotatable bonds is 10. The predicted molar refractivity (Wildman–Crippen MR) is 158 cm³/mol. The first kappa shape index (κ1) is 28.0. The Hall–Kier alpha value is -3.51. The zero-order valence-corrected chi connectivity index (χ0v) is 24.2. The van der Waals surface area contributed by atoms with Gasteiger partial charge < -0.3 is 9.47 Å². The van der Waals surface area contributed by atoms with Crippen molar-refractivity contribution >= 4 is 48.3 Å². The molecule has 40 heavy (non-hydrogen) atoms. The number of benzene rings is 3. The number of thiazole rings is 1. The summed E-state index contributed by atoms with van der Waals surface area (Å²) in [6.07, 6.45) is 0.763. The SMILES string of the molecule is COc1ccc2sc(N(CCCN3CCOCC3)C(=O)c3ccc(S(=O)(=O)N(C)c4ccccc4)cc3)nc2c1. The van der Waals surface area contributed by atoms with Crippen LogP contribution in [0.25, 0.3) is 10.2 Å². The highest BCUT2D eigenvalue weighted by atomic mass is 32.2. The van der Waals surface area contributed by atoms with Crippen molar-refractivity contribution in [3.63, 3.8) is 0 Å². The van der Waals surface area contributed by atoms with Gasteiger partial charge in [0.2, 0.25) is 0 Å². The maximum atomic E-state index is 13.8. The van der Waals surface area contributed by atoms with Gasteiger partial charge >= 0.3 is 0 Å². The number of amides is 1. The number of aromatic nitrogens is 1. The van der Waals surface area contributed by atoms with Crippen molar-refractivity contribution in [1.82, 2.24) is 9.88 Å². The summed E-state index contributed by atoms with van der Waals surface area (Å²) in [5.41, 5.74) is 1.71. The number of ether oxygens (including phenoxy) is 2. The van der Waals surface area contributed by atoms with E-state index in [-0.39, 0.29) is 10.8 Å². The molecule has 4 aromatic rings. The number of hydrogen-bond acceptors (Lipinski definition) is 8. The molecule has 0 unspecified atom stereocenters. The van der Waals surface area contributed by atoms with E-state index < -0.39 is 10.0 Å². The van der Waals surface area contributed by atoms with Crippen molar-refractivity contribution in [2.45, 2.75) is 11.3 Å². The molecule has 9 nitrogen and oxygen atoms in total.